The molecule has 316 valence electrons. The Morgan fingerprint density at radius 3 is 1.58 bits per heavy atom. The maximum atomic E-state index is 14.6. The molecule has 22 heteroatoms. The fourth-order valence-electron chi connectivity index (χ4n) is 5.05. The summed E-state index contributed by atoms with van der Waals surface area (Å²) in [6.45, 7) is -1.33. The van der Waals surface area contributed by atoms with Gasteiger partial charge in [-0.3, -0.25) is 18.2 Å². The van der Waals surface area contributed by atoms with E-state index in [9.17, 15) is 52.8 Å². The molecule has 59 heavy (non-hydrogen) atoms. The minimum atomic E-state index is -3.76. The van der Waals surface area contributed by atoms with Gasteiger partial charge in [-0.1, -0.05) is 18.2 Å². The second-order valence-corrected chi connectivity index (χ2v) is 16.0. The van der Waals surface area contributed by atoms with E-state index in [1.54, 1.807) is 29.6 Å². The topological polar surface area (TPSA) is 178 Å². The van der Waals surface area contributed by atoms with Gasteiger partial charge in [0.05, 0.1) is 57.7 Å². The third-order valence-electron chi connectivity index (χ3n) is 8.07. The molecular weight excluding hydrogens is 837 g/mol. The molecule has 0 aliphatic heterocycles. The van der Waals surface area contributed by atoms with Gasteiger partial charge in [0.1, 0.15) is 23.1 Å². The quantitative estimate of drug-likeness (QED) is 0.0888. The average Bonchev–Trinajstić information content (AvgIpc) is 3.69. The molecule has 0 bridgehead atoms. The van der Waals surface area contributed by atoms with E-state index in [0.717, 1.165) is 33.3 Å². The Bertz CT molecular complexity index is 2470. The third-order valence-corrected chi connectivity index (χ3v) is 10.4. The minimum Gasteiger partial charge on any atom is -0.497 e. The van der Waals surface area contributed by atoms with Crippen molar-refractivity contribution in [3.63, 3.8) is 0 Å². The van der Waals surface area contributed by atoms with Gasteiger partial charge in [-0.2, -0.15) is 17.6 Å². The number of carbonyl (C=O) groups is 2. The maximum absolute atomic E-state index is 14.6. The molecule has 1 N–H and O–H groups in total. The monoisotopic (exact) mass is 871 g/mol. The number of aromatic nitrogens is 2. The number of nitrogens with one attached hydrogen (secondary N) is 1. The summed E-state index contributed by atoms with van der Waals surface area (Å²) in [6.07, 6.45) is -4.22. The lowest BCUT2D eigenvalue weighted by Crippen LogP contribution is -2.34. The highest BCUT2D eigenvalue weighted by atomic mass is 32.2. The smallest absolute Gasteiger partial charge is 0.315 e. The van der Waals surface area contributed by atoms with Crippen LogP contribution in [0.1, 0.15) is 33.8 Å². The molecule has 0 aliphatic carbocycles. The third kappa shape index (κ3) is 12.4. The molecule has 0 atom stereocenters. The Morgan fingerprint density at radius 2 is 1.19 bits per heavy atom. The van der Waals surface area contributed by atoms with Gasteiger partial charge in [0.2, 0.25) is 25.9 Å². The fourth-order valence-corrected chi connectivity index (χ4v) is 6.81. The summed E-state index contributed by atoms with van der Waals surface area (Å²) < 4.78 is 144. The van der Waals surface area contributed by atoms with Crippen molar-refractivity contribution < 1.29 is 66.7 Å². The minimum absolute atomic E-state index is 0.00981. The van der Waals surface area contributed by atoms with Crippen molar-refractivity contribution in [2.24, 2.45) is 0 Å². The first-order valence-electron chi connectivity index (χ1n) is 16.7. The van der Waals surface area contributed by atoms with Gasteiger partial charge >= 0.3 is 12.9 Å². The molecule has 1 amide bonds. The molecule has 14 nitrogen and oxygen atoms in total. The largest absolute Gasteiger partial charge is 0.497 e. The molecule has 0 radical (unpaired) electrons. The summed E-state index contributed by atoms with van der Waals surface area (Å²) in [7, 11) is -4.55. The number of ether oxygens (including phenoxy) is 2. The predicted molar refractivity (Wildman–Crippen MR) is 202 cm³/mol. The highest BCUT2D eigenvalue weighted by molar-refractivity contribution is 7.92. The van der Waals surface area contributed by atoms with Crippen LogP contribution in [0.4, 0.5) is 37.7 Å². The molecule has 0 saturated heterocycles. The SMILES string of the molecule is COc1ccc(N(Cc2ccc(-c3nnc(C(F)F)o3)cc2F)S(C)(=O)=O)cc1.COc1ccc(N(Cc2ccc(C(=O)CNC(=O)C(F)F)cc2F)S(C)(=O)=O)cc1. The zero-order chi connectivity index (χ0) is 43.7. The van der Waals surface area contributed by atoms with Crippen molar-refractivity contribution in [2.45, 2.75) is 25.9 Å². The van der Waals surface area contributed by atoms with E-state index in [-0.39, 0.29) is 46.9 Å². The first-order valence-corrected chi connectivity index (χ1v) is 20.4. The predicted octanol–water partition coefficient (Wildman–Crippen LogP) is 6.15. The Balaban J connectivity index is 0.000000261. The number of halogens is 6. The van der Waals surface area contributed by atoms with E-state index >= 15 is 0 Å². The van der Waals surface area contributed by atoms with Crippen LogP contribution in [-0.2, 0) is 37.9 Å². The van der Waals surface area contributed by atoms with Crippen LogP contribution in [0.2, 0.25) is 0 Å². The molecule has 1 aromatic heterocycles. The van der Waals surface area contributed by atoms with Crippen LogP contribution in [0.3, 0.4) is 0 Å². The molecule has 4 aromatic carbocycles. The highest BCUT2D eigenvalue weighted by Gasteiger charge is 2.23. The summed E-state index contributed by atoms with van der Waals surface area (Å²) in [5.41, 5.74) is 0.623. The van der Waals surface area contributed by atoms with Crippen LogP contribution in [-0.4, -0.2) is 78.4 Å². The number of hydrogen-bond donors (Lipinski definition) is 1. The number of ketones is 1. The van der Waals surface area contributed by atoms with E-state index in [2.05, 4.69) is 10.2 Å². The number of hydrogen-bond acceptors (Lipinski definition) is 11. The van der Waals surface area contributed by atoms with Gasteiger partial charge in [0.25, 0.3) is 11.8 Å². The Morgan fingerprint density at radius 1 is 0.712 bits per heavy atom. The normalized spacial score (nSPS) is 11.5. The number of sulfonamides is 2. The Kier molecular flexibility index (Phi) is 15.1. The van der Waals surface area contributed by atoms with Gasteiger partial charge in [-0.25, -0.2) is 25.6 Å². The Labute approximate surface area is 334 Å². The van der Waals surface area contributed by atoms with Crippen LogP contribution in [0, 0.1) is 11.6 Å². The van der Waals surface area contributed by atoms with Gasteiger partial charge in [-0.05, 0) is 66.7 Å². The average molecular weight is 872 g/mol. The summed E-state index contributed by atoms with van der Waals surface area (Å²) >= 11 is 0. The number of methoxy groups -OCH3 is 2. The summed E-state index contributed by atoms with van der Waals surface area (Å²) in [5.74, 6) is -4.06. The standard InChI is InChI=1S/C19H19F3N2O5S.C18H16F3N3O4S/c1-29-15-7-5-14(6-8-15)24(30(2,27)28)11-13-4-3-12(9-16(13)20)17(25)10-23-19(26)18(21)22;1-27-14-7-5-13(6-8-14)24(29(2,25)26)10-12-4-3-11(9-15(12)19)17-22-23-18(28-17)16(20)21/h3-9,18H,10-11H2,1-2H3,(H,23,26);3-9,16H,10H2,1-2H3. The van der Waals surface area contributed by atoms with Gasteiger partial charge < -0.3 is 19.2 Å². The number of alkyl halides is 4. The van der Waals surface area contributed by atoms with Crippen molar-refractivity contribution in [2.75, 3.05) is 41.9 Å². The van der Waals surface area contributed by atoms with Gasteiger partial charge in [0, 0.05) is 22.3 Å². The molecule has 0 aliphatic rings. The van der Waals surface area contributed by atoms with Crippen molar-refractivity contribution in [3.05, 3.63) is 119 Å². The first kappa shape index (κ1) is 45.5. The van der Waals surface area contributed by atoms with Crippen molar-refractivity contribution in [1.82, 2.24) is 15.5 Å². The first-order chi connectivity index (χ1) is 27.7. The number of carbonyl (C=O) groups excluding carboxylic acids is 2. The van der Waals surface area contributed by atoms with E-state index in [0.29, 0.717) is 17.2 Å². The fraction of sp³-hybridized carbons (Fsp3) is 0.243. The number of anilines is 2. The maximum Gasteiger partial charge on any atom is 0.315 e. The van der Waals surface area contributed by atoms with Crippen LogP contribution < -0.4 is 23.4 Å². The van der Waals surface area contributed by atoms with Crippen LogP contribution in [0.5, 0.6) is 11.5 Å². The van der Waals surface area contributed by atoms with E-state index in [1.165, 1.54) is 62.8 Å². The highest BCUT2D eigenvalue weighted by Crippen LogP contribution is 2.29. The number of Topliss-reactive ketones (excluding diaryl/α,β-unsaturated/α-hetero) is 1. The van der Waals surface area contributed by atoms with Gasteiger partial charge in [-0.15, -0.1) is 10.2 Å². The second-order valence-electron chi connectivity index (χ2n) is 12.2. The van der Waals surface area contributed by atoms with E-state index < -0.39 is 68.7 Å². The lowest BCUT2D eigenvalue weighted by molar-refractivity contribution is -0.131. The summed E-state index contributed by atoms with van der Waals surface area (Å²) in [6, 6.07) is 19.4. The Hall–Kier alpha value is -6.16. The van der Waals surface area contributed by atoms with E-state index in [4.69, 9.17) is 13.9 Å². The molecule has 5 aromatic rings. The van der Waals surface area contributed by atoms with Crippen LogP contribution >= 0.6 is 0 Å². The lowest BCUT2D eigenvalue weighted by atomic mass is 10.1. The van der Waals surface area contributed by atoms with Crippen molar-refractivity contribution in [1.29, 1.82) is 0 Å². The van der Waals surface area contributed by atoms with Crippen molar-refractivity contribution >= 4 is 43.1 Å². The zero-order valence-electron chi connectivity index (χ0n) is 31.4. The number of rotatable bonds is 16. The molecule has 0 spiro atoms. The van der Waals surface area contributed by atoms with Crippen LogP contribution in [0.15, 0.2) is 89.3 Å². The summed E-state index contributed by atoms with van der Waals surface area (Å²) in [5, 5.41) is 8.39. The van der Waals surface area contributed by atoms with Crippen molar-refractivity contribution in [3.8, 4) is 23.0 Å². The molecular formula is C37H35F6N5O9S2. The molecule has 0 saturated carbocycles. The van der Waals surface area contributed by atoms with E-state index in [1.807, 2.05) is 0 Å². The van der Waals surface area contributed by atoms with Crippen LogP contribution in [0.25, 0.3) is 11.5 Å². The van der Waals surface area contributed by atoms with Gasteiger partial charge in [0.15, 0.2) is 5.78 Å². The molecule has 1 heterocycles. The molecule has 0 fully saturated rings. The number of benzene rings is 4. The number of nitrogens with zero attached hydrogens (tertiary/aromatic N) is 4. The molecule has 5 rings (SSSR count). The second kappa shape index (κ2) is 19.5. The zero-order valence-corrected chi connectivity index (χ0v) is 33.0. The summed E-state index contributed by atoms with van der Waals surface area (Å²) in [4.78, 5) is 22.8. The number of amides is 1. The molecule has 0 unspecified atom stereocenters. The lowest BCUT2D eigenvalue weighted by Gasteiger charge is -2.23.